The molecule has 114 valence electrons. The van der Waals surface area contributed by atoms with Crippen LogP contribution in [0.25, 0.3) is 0 Å². The molecule has 21 heavy (non-hydrogen) atoms. The van der Waals surface area contributed by atoms with Crippen LogP contribution in [0.2, 0.25) is 0 Å². The molecule has 7 heteroatoms. The predicted molar refractivity (Wildman–Crippen MR) is 84.5 cm³/mol. The SMILES string of the molecule is CCN(Cc1ccccn1)S(=O)(=O)c1cc(C)c(CN)s1. The van der Waals surface area contributed by atoms with Gasteiger partial charge in [0, 0.05) is 24.2 Å². The summed E-state index contributed by atoms with van der Waals surface area (Å²) in [6, 6.07) is 7.18. The maximum Gasteiger partial charge on any atom is 0.252 e. The fourth-order valence-electron chi connectivity index (χ4n) is 1.98. The smallest absolute Gasteiger partial charge is 0.252 e. The molecule has 0 spiro atoms. The van der Waals surface area contributed by atoms with E-state index in [4.69, 9.17) is 5.73 Å². The first-order valence-corrected chi connectivity index (χ1v) is 8.94. The second-order valence-electron chi connectivity index (χ2n) is 4.63. The van der Waals surface area contributed by atoms with Gasteiger partial charge in [-0.25, -0.2) is 8.42 Å². The summed E-state index contributed by atoms with van der Waals surface area (Å²) in [4.78, 5) is 5.09. The Morgan fingerprint density at radius 2 is 2.14 bits per heavy atom. The van der Waals surface area contributed by atoms with Crippen LogP contribution >= 0.6 is 11.3 Å². The van der Waals surface area contributed by atoms with Crippen molar-refractivity contribution >= 4 is 21.4 Å². The van der Waals surface area contributed by atoms with E-state index in [1.165, 1.54) is 15.6 Å². The first-order chi connectivity index (χ1) is 9.98. The highest BCUT2D eigenvalue weighted by Gasteiger charge is 2.26. The molecule has 0 saturated heterocycles. The third-order valence-electron chi connectivity index (χ3n) is 3.19. The summed E-state index contributed by atoms with van der Waals surface area (Å²) in [5, 5.41) is 0. The van der Waals surface area contributed by atoms with Gasteiger partial charge in [-0.05, 0) is 30.7 Å². The third kappa shape index (κ3) is 3.49. The van der Waals surface area contributed by atoms with Gasteiger partial charge < -0.3 is 5.73 Å². The first-order valence-electron chi connectivity index (χ1n) is 6.68. The summed E-state index contributed by atoms with van der Waals surface area (Å²) in [5.74, 6) is 0. The van der Waals surface area contributed by atoms with Crippen molar-refractivity contribution in [3.63, 3.8) is 0 Å². The molecule has 2 rings (SSSR count). The van der Waals surface area contributed by atoms with Crippen molar-refractivity contribution in [2.75, 3.05) is 6.54 Å². The molecule has 2 aromatic heterocycles. The molecule has 0 bridgehead atoms. The highest BCUT2D eigenvalue weighted by Crippen LogP contribution is 2.28. The van der Waals surface area contributed by atoms with E-state index in [-0.39, 0.29) is 6.54 Å². The Hall–Kier alpha value is -1.28. The minimum atomic E-state index is -3.50. The molecule has 2 aromatic rings. The van der Waals surface area contributed by atoms with Crippen molar-refractivity contribution in [1.82, 2.24) is 9.29 Å². The van der Waals surface area contributed by atoms with Gasteiger partial charge >= 0.3 is 0 Å². The number of aromatic nitrogens is 1. The van der Waals surface area contributed by atoms with Gasteiger partial charge in [-0.1, -0.05) is 13.0 Å². The molecule has 5 nitrogen and oxygen atoms in total. The summed E-state index contributed by atoms with van der Waals surface area (Å²) < 4.78 is 27.2. The monoisotopic (exact) mass is 325 g/mol. The summed E-state index contributed by atoms with van der Waals surface area (Å²) >= 11 is 1.25. The van der Waals surface area contributed by atoms with Gasteiger partial charge in [0.1, 0.15) is 4.21 Å². The number of hydrogen-bond acceptors (Lipinski definition) is 5. The summed E-state index contributed by atoms with van der Waals surface area (Å²) in [5.41, 5.74) is 7.29. The van der Waals surface area contributed by atoms with E-state index in [9.17, 15) is 8.42 Å². The van der Waals surface area contributed by atoms with E-state index in [1.807, 2.05) is 32.0 Å². The van der Waals surface area contributed by atoms with Crippen LogP contribution in [0.1, 0.15) is 23.1 Å². The van der Waals surface area contributed by atoms with Crippen LogP contribution in [0.3, 0.4) is 0 Å². The molecule has 0 aliphatic carbocycles. The van der Waals surface area contributed by atoms with Crippen LogP contribution < -0.4 is 5.73 Å². The van der Waals surface area contributed by atoms with Gasteiger partial charge in [-0.15, -0.1) is 11.3 Å². The molecule has 0 atom stereocenters. The number of thiophene rings is 1. The average Bonchev–Trinajstić information content (AvgIpc) is 2.87. The number of aryl methyl sites for hydroxylation is 1. The molecular weight excluding hydrogens is 306 g/mol. The largest absolute Gasteiger partial charge is 0.326 e. The first kappa shape index (κ1) is 16.1. The van der Waals surface area contributed by atoms with Crippen molar-refractivity contribution in [2.24, 2.45) is 5.73 Å². The lowest BCUT2D eigenvalue weighted by atomic mass is 10.3. The fourth-order valence-corrected chi connectivity index (χ4v) is 5.03. The Bertz CT molecular complexity index is 696. The number of rotatable bonds is 6. The Balaban J connectivity index is 2.31. The molecule has 0 aliphatic rings. The quantitative estimate of drug-likeness (QED) is 0.882. The highest BCUT2D eigenvalue weighted by atomic mass is 32.2. The normalized spacial score (nSPS) is 12.0. The van der Waals surface area contributed by atoms with Crippen LogP contribution in [-0.2, 0) is 23.1 Å². The molecular formula is C14H19N3O2S2. The topological polar surface area (TPSA) is 76.3 Å². The van der Waals surface area contributed by atoms with Gasteiger partial charge in [0.15, 0.2) is 0 Å². The van der Waals surface area contributed by atoms with Crippen LogP contribution in [0.15, 0.2) is 34.7 Å². The van der Waals surface area contributed by atoms with Gasteiger partial charge in [0.2, 0.25) is 0 Å². The van der Waals surface area contributed by atoms with E-state index in [1.54, 1.807) is 12.3 Å². The van der Waals surface area contributed by atoms with E-state index in [0.717, 1.165) is 16.1 Å². The molecule has 2 heterocycles. The molecule has 0 aliphatic heterocycles. The fraction of sp³-hybridized carbons (Fsp3) is 0.357. The predicted octanol–water partition coefficient (Wildman–Crippen LogP) is 2.12. The van der Waals surface area contributed by atoms with Crippen LogP contribution in [0, 0.1) is 6.92 Å². The second kappa shape index (κ2) is 6.65. The summed E-state index contributed by atoms with van der Waals surface area (Å²) in [6.07, 6.45) is 1.66. The number of hydrogen-bond donors (Lipinski definition) is 1. The van der Waals surface area contributed by atoms with Gasteiger partial charge in [-0.2, -0.15) is 4.31 Å². The Morgan fingerprint density at radius 1 is 1.38 bits per heavy atom. The number of nitrogens with zero attached hydrogens (tertiary/aromatic N) is 2. The van der Waals surface area contributed by atoms with Crippen LogP contribution in [-0.4, -0.2) is 24.3 Å². The lowest BCUT2D eigenvalue weighted by molar-refractivity contribution is 0.420. The lowest BCUT2D eigenvalue weighted by Gasteiger charge is -2.19. The zero-order valence-corrected chi connectivity index (χ0v) is 13.7. The van der Waals surface area contributed by atoms with Crippen molar-refractivity contribution in [2.45, 2.75) is 31.1 Å². The zero-order valence-electron chi connectivity index (χ0n) is 12.1. The number of nitrogens with two attached hydrogens (primary N) is 1. The highest BCUT2D eigenvalue weighted by molar-refractivity contribution is 7.91. The Kier molecular flexibility index (Phi) is 5.10. The van der Waals surface area contributed by atoms with Gasteiger partial charge in [-0.3, -0.25) is 4.98 Å². The molecule has 0 aromatic carbocycles. The van der Waals surface area contributed by atoms with Crippen molar-refractivity contribution < 1.29 is 8.42 Å². The van der Waals surface area contributed by atoms with Crippen molar-refractivity contribution in [1.29, 1.82) is 0 Å². The summed E-state index contributed by atoms with van der Waals surface area (Å²) in [6.45, 7) is 4.73. The maximum absolute atomic E-state index is 12.7. The Morgan fingerprint density at radius 3 is 2.67 bits per heavy atom. The molecule has 0 saturated carbocycles. The summed E-state index contributed by atoms with van der Waals surface area (Å²) in [7, 11) is -3.50. The Labute approximate surface area is 129 Å². The lowest BCUT2D eigenvalue weighted by Crippen LogP contribution is -2.30. The molecule has 2 N–H and O–H groups in total. The number of pyridine rings is 1. The minimum Gasteiger partial charge on any atom is -0.326 e. The molecule has 0 fully saturated rings. The molecule has 0 unspecified atom stereocenters. The van der Waals surface area contributed by atoms with Crippen molar-refractivity contribution in [3.8, 4) is 0 Å². The zero-order chi connectivity index (χ0) is 15.5. The average molecular weight is 325 g/mol. The van der Waals surface area contributed by atoms with Crippen LogP contribution in [0.5, 0.6) is 0 Å². The minimum absolute atomic E-state index is 0.272. The van der Waals surface area contributed by atoms with E-state index >= 15 is 0 Å². The number of sulfonamides is 1. The van der Waals surface area contributed by atoms with Gasteiger partial charge in [0.05, 0.1) is 12.2 Å². The van der Waals surface area contributed by atoms with Crippen LogP contribution in [0.4, 0.5) is 0 Å². The molecule has 0 amide bonds. The third-order valence-corrected chi connectivity index (χ3v) is 6.82. The van der Waals surface area contributed by atoms with Crippen molar-refractivity contribution in [3.05, 3.63) is 46.6 Å². The van der Waals surface area contributed by atoms with E-state index in [2.05, 4.69) is 4.98 Å². The van der Waals surface area contributed by atoms with Gasteiger partial charge in [0.25, 0.3) is 10.0 Å². The van der Waals surface area contributed by atoms with E-state index < -0.39 is 10.0 Å². The standard InChI is InChI=1S/C14H19N3O2S2/c1-3-17(10-12-6-4-5-7-16-12)21(18,19)14-8-11(2)13(9-15)20-14/h4-8H,3,9-10,15H2,1-2H3. The maximum atomic E-state index is 12.7. The van der Waals surface area contributed by atoms with E-state index in [0.29, 0.717) is 17.3 Å². The molecule has 0 radical (unpaired) electrons. The second-order valence-corrected chi connectivity index (χ2v) is 7.93.